The zero-order valence-corrected chi connectivity index (χ0v) is 19.1. The van der Waals surface area contributed by atoms with Crippen molar-refractivity contribution in [1.29, 1.82) is 0 Å². The molecule has 3 aromatic carbocycles. The Hall–Kier alpha value is -3.32. The fourth-order valence-electron chi connectivity index (χ4n) is 3.19. The standard InChI is InChI=1S/C24H15Cl3N2O4/c25-17-10-9-14(11-19(17)27)13-33-21-8-4-1-5-15(21)12-16-22(30)28-24(32)29(23(16)31)20-7-3-2-6-18(20)26/h1-12H,13H2,(H,28,30,32)/b16-12+. The normalized spacial score (nSPS) is 15.1. The Labute approximate surface area is 204 Å². The van der Waals surface area contributed by atoms with Crippen molar-refractivity contribution in [2.45, 2.75) is 6.61 Å². The molecule has 0 aliphatic carbocycles. The number of hydrogen-bond donors (Lipinski definition) is 1. The van der Waals surface area contributed by atoms with E-state index in [1.165, 1.54) is 12.1 Å². The van der Waals surface area contributed by atoms with Gasteiger partial charge < -0.3 is 4.74 Å². The van der Waals surface area contributed by atoms with Gasteiger partial charge in [0.2, 0.25) is 0 Å². The molecule has 4 rings (SSSR count). The van der Waals surface area contributed by atoms with Crippen LogP contribution in [0.1, 0.15) is 11.1 Å². The molecule has 0 aromatic heterocycles. The van der Waals surface area contributed by atoms with E-state index < -0.39 is 17.8 Å². The van der Waals surface area contributed by atoms with Crippen molar-refractivity contribution >= 4 is 64.4 Å². The number of nitrogens with one attached hydrogen (secondary N) is 1. The Balaban J connectivity index is 1.64. The summed E-state index contributed by atoms with van der Waals surface area (Å²) in [7, 11) is 0. The van der Waals surface area contributed by atoms with Gasteiger partial charge in [0.05, 0.1) is 20.8 Å². The van der Waals surface area contributed by atoms with Crippen LogP contribution in [0.15, 0.2) is 72.3 Å². The fraction of sp³-hybridized carbons (Fsp3) is 0.0417. The molecule has 1 aliphatic heterocycles. The van der Waals surface area contributed by atoms with Crippen LogP contribution in [0, 0.1) is 0 Å². The first-order valence-electron chi connectivity index (χ1n) is 9.67. The van der Waals surface area contributed by atoms with Crippen LogP contribution in [0.3, 0.4) is 0 Å². The van der Waals surface area contributed by atoms with Crippen molar-refractivity contribution in [3.05, 3.63) is 98.5 Å². The van der Waals surface area contributed by atoms with Gasteiger partial charge in [0, 0.05) is 5.56 Å². The van der Waals surface area contributed by atoms with E-state index >= 15 is 0 Å². The van der Waals surface area contributed by atoms with Crippen molar-refractivity contribution < 1.29 is 19.1 Å². The Kier molecular flexibility index (Phi) is 6.70. The number of barbiturate groups is 1. The number of rotatable bonds is 5. The third-order valence-corrected chi connectivity index (χ3v) is 5.85. The lowest BCUT2D eigenvalue weighted by Gasteiger charge is -2.27. The average molecular weight is 502 g/mol. The number of carbonyl (C=O) groups excluding carboxylic acids is 3. The van der Waals surface area contributed by atoms with Gasteiger partial charge in [-0.2, -0.15) is 0 Å². The number of anilines is 1. The lowest BCUT2D eigenvalue weighted by atomic mass is 10.1. The van der Waals surface area contributed by atoms with E-state index in [4.69, 9.17) is 39.5 Å². The maximum atomic E-state index is 13.1. The SMILES string of the molecule is O=C1NC(=O)N(c2ccccc2Cl)C(=O)/C1=C/c1ccccc1OCc1ccc(Cl)c(Cl)c1. The summed E-state index contributed by atoms with van der Waals surface area (Å²) in [6.07, 6.45) is 1.37. The number of nitrogens with zero attached hydrogens (tertiary/aromatic N) is 1. The average Bonchev–Trinajstić information content (AvgIpc) is 2.79. The quantitative estimate of drug-likeness (QED) is 0.349. The number of imide groups is 2. The van der Waals surface area contributed by atoms with Gasteiger partial charge in [-0.1, -0.05) is 71.2 Å². The highest BCUT2D eigenvalue weighted by atomic mass is 35.5. The molecule has 1 N–H and O–H groups in total. The van der Waals surface area contributed by atoms with Crippen LogP contribution in [0.4, 0.5) is 10.5 Å². The maximum absolute atomic E-state index is 13.1. The Morgan fingerprint density at radius 3 is 2.33 bits per heavy atom. The van der Waals surface area contributed by atoms with E-state index in [1.54, 1.807) is 60.7 Å². The zero-order valence-electron chi connectivity index (χ0n) is 16.8. The van der Waals surface area contributed by atoms with E-state index in [9.17, 15) is 14.4 Å². The molecule has 0 saturated carbocycles. The molecule has 0 bridgehead atoms. The number of hydrogen-bond acceptors (Lipinski definition) is 4. The summed E-state index contributed by atoms with van der Waals surface area (Å²) in [4.78, 5) is 38.8. The summed E-state index contributed by atoms with van der Waals surface area (Å²) in [5.41, 5.74) is 1.20. The molecule has 0 unspecified atom stereocenters. The summed E-state index contributed by atoms with van der Waals surface area (Å²) in [5, 5.41) is 3.21. The second kappa shape index (κ2) is 9.67. The molecule has 0 atom stereocenters. The lowest BCUT2D eigenvalue weighted by molar-refractivity contribution is -0.122. The van der Waals surface area contributed by atoms with Gasteiger partial charge in [-0.3, -0.25) is 14.9 Å². The summed E-state index contributed by atoms with van der Waals surface area (Å²) in [6, 6.07) is 17.5. The summed E-state index contributed by atoms with van der Waals surface area (Å²) < 4.78 is 5.89. The van der Waals surface area contributed by atoms with Crippen LogP contribution in [0.5, 0.6) is 5.75 Å². The molecule has 3 aromatic rings. The number of halogens is 3. The van der Waals surface area contributed by atoms with Gasteiger partial charge in [-0.15, -0.1) is 0 Å². The highest BCUT2D eigenvalue weighted by Gasteiger charge is 2.37. The number of urea groups is 1. The molecule has 1 fully saturated rings. The predicted molar refractivity (Wildman–Crippen MR) is 128 cm³/mol. The summed E-state index contributed by atoms with van der Waals surface area (Å²) in [5.74, 6) is -1.18. The van der Waals surface area contributed by atoms with E-state index in [0.717, 1.165) is 10.5 Å². The van der Waals surface area contributed by atoms with E-state index in [0.29, 0.717) is 21.4 Å². The third-order valence-electron chi connectivity index (χ3n) is 4.79. The number of amides is 4. The number of benzene rings is 3. The molecule has 1 heterocycles. The van der Waals surface area contributed by atoms with E-state index in [-0.39, 0.29) is 22.9 Å². The molecule has 0 spiro atoms. The summed E-state index contributed by atoms with van der Waals surface area (Å²) in [6.45, 7) is 0.182. The van der Waals surface area contributed by atoms with Gasteiger partial charge in [0.1, 0.15) is 17.9 Å². The van der Waals surface area contributed by atoms with E-state index in [1.807, 2.05) is 0 Å². The van der Waals surface area contributed by atoms with Gasteiger partial charge >= 0.3 is 6.03 Å². The first kappa shape index (κ1) is 22.9. The Morgan fingerprint density at radius 1 is 0.848 bits per heavy atom. The summed E-state index contributed by atoms with van der Waals surface area (Å²) >= 11 is 18.2. The molecule has 0 radical (unpaired) electrons. The number of para-hydroxylation sites is 2. The minimum absolute atomic E-state index is 0.171. The van der Waals surface area contributed by atoms with Crippen molar-refractivity contribution in [2.75, 3.05) is 4.90 Å². The van der Waals surface area contributed by atoms with Crippen molar-refractivity contribution in [3.8, 4) is 5.75 Å². The zero-order chi connectivity index (χ0) is 23.5. The smallest absolute Gasteiger partial charge is 0.335 e. The second-order valence-corrected chi connectivity index (χ2v) is 8.21. The largest absolute Gasteiger partial charge is 0.488 e. The Morgan fingerprint density at radius 2 is 1.58 bits per heavy atom. The number of carbonyl (C=O) groups is 3. The molecule has 6 nitrogen and oxygen atoms in total. The fourth-order valence-corrected chi connectivity index (χ4v) is 3.73. The van der Waals surface area contributed by atoms with Crippen molar-refractivity contribution in [2.24, 2.45) is 0 Å². The van der Waals surface area contributed by atoms with E-state index in [2.05, 4.69) is 5.32 Å². The topological polar surface area (TPSA) is 75.7 Å². The monoisotopic (exact) mass is 500 g/mol. The number of ether oxygens (including phenoxy) is 1. The van der Waals surface area contributed by atoms with Crippen LogP contribution >= 0.6 is 34.8 Å². The first-order chi connectivity index (χ1) is 15.8. The van der Waals surface area contributed by atoms with Crippen molar-refractivity contribution in [3.63, 3.8) is 0 Å². The molecule has 1 aliphatic rings. The minimum Gasteiger partial charge on any atom is -0.488 e. The van der Waals surface area contributed by atoms with Gasteiger partial charge in [-0.05, 0) is 42.0 Å². The van der Waals surface area contributed by atoms with Crippen LogP contribution in [0.25, 0.3) is 6.08 Å². The maximum Gasteiger partial charge on any atom is 0.335 e. The van der Waals surface area contributed by atoms with Gasteiger partial charge in [-0.25, -0.2) is 9.69 Å². The Bertz CT molecular complexity index is 1310. The highest BCUT2D eigenvalue weighted by molar-refractivity contribution is 6.42. The van der Waals surface area contributed by atoms with Crippen LogP contribution in [-0.4, -0.2) is 17.8 Å². The molecular weight excluding hydrogens is 487 g/mol. The molecule has 9 heteroatoms. The first-order valence-corrected chi connectivity index (χ1v) is 10.8. The molecule has 33 heavy (non-hydrogen) atoms. The predicted octanol–water partition coefficient (Wildman–Crippen LogP) is 5.89. The molecule has 166 valence electrons. The second-order valence-electron chi connectivity index (χ2n) is 6.98. The van der Waals surface area contributed by atoms with Gasteiger partial charge in [0.25, 0.3) is 11.8 Å². The van der Waals surface area contributed by atoms with Crippen molar-refractivity contribution in [1.82, 2.24) is 5.32 Å². The van der Waals surface area contributed by atoms with Gasteiger partial charge in [0.15, 0.2) is 0 Å². The lowest BCUT2D eigenvalue weighted by Crippen LogP contribution is -2.54. The molecule has 1 saturated heterocycles. The van der Waals surface area contributed by atoms with Crippen LogP contribution in [0.2, 0.25) is 15.1 Å². The van der Waals surface area contributed by atoms with Crippen LogP contribution in [-0.2, 0) is 16.2 Å². The highest BCUT2D eigenvalue weighted by Crippen LogP contribution is 2.30. The van der Waals surface area contributed by atoms with Crippen LogP contribution < -0.4 is 15.0 Å². The molecule has 4 amide bonds. The minimum atomic E-state index is -0.876. The molecular formula is C24H15Cl3N2O4. The third kappa shape index (κ3) is 4.88.